The van der Waals surface area contributed by atoms with Gasteiger partial charge in [-0.15, -0.1) is 0 Å². The number of carbonyl (C=O) groups excluding carboxylic acids is 1. The third-order valence-electron chi connectivity index (χ3n) is 3.70. The Morgan fingerprint density at radius 3 is 2.81 bits per heavy atom. The molecule has 0 bridgehead atoms. The summed E-state index contributed by atoms with van der Waals surface area (Å²) in [6.45, 7) is 2.90. The lowest BCUT2D eigenvalue weighted by Gasteiger charge is -2.41. The number of nitriles is 1. The van der Waals surface area contributed by atoms with Crippen molar-refractivity contribution in [1.29, 1.82) is 5.26 Å². The fraction of sp³-hybridized carbons (Fsp3) is 0.833. The summed E-state index contributed by atoms with van der Waals surface area (Å²) in [6.07, 6.45) is 5.02. The monoisotopic (exact) mass is 221 g/mol. The molecule has 2 aliphatic rings. The molecule has 0 aromatic heterocycles. The second-order valence-electron chi connectivity index (χ2n) is 4.86. The van der Waals surface area contributed by atoms with Crippen LogP contribution >= 0.6 is 0 Å². The summed E-state index contributed by atoms with van der Waals surface area (Å²) in [4.78, 5) is 14.3. The van der Waals surface area contributed by atoms with Crippen molar-refractivity contribution in [3.05, 3.63) is 0 Å². The smallest absolute Gasteiger partial charge is 0.241 e. The SMILES string of the molecule is CC1CNC(CC#N)C(=O)N1C1CCCC1. The summed E-state index contributed by atoms with van der Waals surface area (Å²) in [5.74, 6) is 0.132. The number of nitrogens with zero attached hydrogens (tertiary/aromatic N) is 2. The van der Waals surface area contributed by atoms with Crippen molar-refractivity contribution in [2.75, 3.05) is 6.54 Å². The highest BCUT2D eigenvalue weighted by Crippen LogP contribution is 2.27. The van der Waals surface area contributed by atoms with E-state index in [0.717, 1.165) is 19.4 Å². The molecule has 16 heavy (non-hydrogen) atoms. The van der Waals surface area contributed by atoms with Crippen molar-refractivity contribution in [1.82, 2.24) is 10.2 Å². The Bertz CT molecular complexity index is 304. The predicted octanol–water partition coefficient (Wildman–Crippen LogP) is 1.03. The van der Waals surface area contributed by atoms with Crippen LogP contribution in [0.1, 0.15) is 39.0 Å². The van der Waals surface area contributed by atoms with Crippen molar-refractivity contribution >= 4 is 5.91 Å². The van der Waals surface area contributed by atoms with Crippen molar-refractivity contribution < 1.29 is 4.79 Å². The zero-order valence-electron chi connectivity index (χ0n) is 9.78. The van der Waals surface area contributed by atoms with Crippen LogP contribution in [-0.4, -0.2) is 35.5 Å². The topological polar surface area (TPSA) is 56.1 Å². The Morgan fingerprint density at radius 1 is 1.50 bits per heavy atom. The number of carbonyl (C=O) groups is 1. The van der Waals surface area contributed by atoms with Gasteiger partial charge in [0, 0.05) is 18.6 Å². The van der Waals surface area contributed by atoms with E-state index in [1.165, 1.54) is 12.8 Å². The minimum Gasteiger partial charge on any atom is -0.334 e. The van der Waals surface area contributed by atoms with Gasteiger partial charge in [0.1, 0.15) is 6.04 Å². The van der Waals surface area contributed by atoms with E-state index in [9.17, 15) is 4.79 Å². The van der Waals surface area contributed by atoms with Crippen LogP contribution in [0.2, 0.25) is 0 Å². The molecule has 1 heterocycles. The van der Waals surface area contributed by atoms with Gasteiger partial charge in [0.2, 0.25) is 5.91 Å². The molecule has 88 valence electrons. The van der Waals surface area contributed by atoms with Crippen LogP contribution in [0.3, 0.4) is 0 Å². The molecule has 1 saturated carbocycles. The Hall–Kier alpha value is -1.08. The standard InChI is InChI=1S/C12H19N3O/c1-9-8-14-11(6-7-13)12(16)15(9)10-4-2-3-5-10/h9-11,14H,2-6,8H2,1H3. The van der Waals surface area contributed by atoms with Crippen LogP contribution in [0.4, 0.5) is 0 Å². The predicted molar refractivity (Wildman–Crippen MR) is 60.6 cm³/mol. The Balaban J connectivity index is 2.08. The molecule has 0 radical (unpaired) electrons. The average molecular weight is 221 g/mol. The average Bonchev–Trinajstić information content (AvgIpc) is 2.76. The Morgan fingerprint density at radius 2 is 2.19 bits per heavy atom. The van der Waals surface area contributed by atoms with Gasteiger partial charge in [-0.3, -0.25) is 4.79 Å². The first-order valence-corrected chi connectivity index (χ1v) is 6.16. The van der Waals surface area contributed by atoms with E-state index in [2.05, 4.69) is 18.3 Å². The molecule has 0 spiro atoms. The molecule has 1 N–H and O–H groups in total. The fourth-order valence-electron chi connectivity index (χ4n) is 2.87. The lowest BCUT2D eigenvalue weighted by atomic mass is 10.0. The summed E-state index contributed by atoms with van der Waals surface area (Å²) in [5.41, 5.74) is 0. The van der Waals surface area contributed by atoms with E-state index in [1.807, 2.05) is 4.90 Å². The zero-order chi connectivity index (χ0) is 11.5. The molecule has 1 aliphatic carbocycles. The van der Waals surface area contributed by atoms with E-state index in [1.54, 1.807) is 0 Å². The number of hydrogen-bond acceptors (Lipinski definition) is 3. The van der Waals surface area contributed by atoms with Crippen LogP contribution in [0, 0.1) is 11.3 Å². The van der Waals surface area contributed by atoms with E-state index in [4.69, 9.17) is 5.26 Å². The molecular formula is C12H19N3O. The first-order chi connectivity index (χ1) is 7.74. The number of amides is 1. The quantitative estimate of drug-likeness (QED) is 0.757. The fourth-order valence-corrected chi connectivity index (χ4v) is 2.87. The van der Waals surface area contributed by atoms with Crippen molar-refractivity contribution in [3.8, 4) is 6.07 Å². The number of rotatable bonds is 2. The van der Waals surface area contributed by atoms with Gasteiger partial charge in [-0.1, -0.05) is 12.8 Å². The van der Waals surface area contributed by atoms with E-state index in [-0.39, 0.29) is 24.4 Å². The van der Waals surface area contributed by atoms with Gasteiger partial charge in [0.25, 0.3) is 0 Å². The maximum absolute atomic E-state index is 12.2. The zero-order valence-corrected chi connectivity index (χ0v) is 9.78. The number of nitrogens with one attached hydrogen (secondary N) is 1. The van der Waals surface area contributed by atoms with Crippen molar-refractivity contribution in [3.63, 3.8) is 0 Å². The third-order valence-corrected chi connectivity index (χ3v) is 3.70. The second kappa shape index (κ2) is 4.84. The Labute approximate surface area is 96.6 Å². The normalized spacial score (nSPS) is 31.8. The molecule has 4 heteroatoms. The first kappa shape index (κ1) is 11.4. The van der Waals surface area contributed by atoms with Gasteiger partial charge in [-0.05, 0) is 19.8 Å². The van der Waals surface area contributed by atoms with Crippen LogP contribution in [-0.2, 0) is 4.79 Å². The molecule has 1 saturated heterocycles. The van der Waals surface area contributed by atoms with Gasteiger partial charge < -0.3 is 10.2 Å². The molecular weight excluding hydrogens is 202 g/mol. The van der Waals surface area contributed by atoms with E-state index in [0.29, 0.717) is 6.04 Å². The van der Waals surface area contributed by atoms with Crippen molar-refractivity contribution in [2.24, 2.45) is 0 Å². The molecule has 2 rings (SSSR count). The largest absolute Gasteiger partial charge is 0.334 e. The highest BCUT2D eigenvalue weighted by molar-refractivity contribution is 5.83. The molecule has 2 atom stereocenters. The van der Waals surface area contributed by atoms with Crippen LogP contribution in [0.5, 0.6) is 0 Å². The molecule has 1 aliphatic heterocycles. The lowest BCUT2D eigenvalue weighted by molar-refractivity contribution is -0.141. The minimum atomic E-state index is -0.276. The van der Waals surface area contributed by atoms with E-state index >= 15 is 0 Å². The highest BCUT2D eigenvalue weighted by Gasteiger charge is 2.37. The summed E-state index contributed by atoms with van der Waals surface area (Å²) in [7, 11) is 0. The maximum Gasteiger partial charge on any atom is 0.241 e. The van der Waals surface area contributed by atoms with Crippen LogP contribution in [0.15, 0.2) is 0 Å². The van der Waals surface area contributed by atoms with Gasteiger partial charge in [-0.25, -0.2) is 0 Å². The first-order valence-electron chi connectivity index (χ1n) is 6.16. The molecule has 4 nitrogen and oxygen atoms in total. The molecule has 0 aromatic rings. The van der Waals surface area contributed by atoms with Crippen LogP contribution < -0.4 is 5.32 Å². The van der Waals surface area contributed by atoms with Gasteiger partial charge in [0.05, 0.1) is 12.5 Å². The van der Waals surface area contributed by atoms with E-state index < -0.39 is 0 Å². The second-order valence-corrected chi connectivity index (χ2v) is 4.86. The van der Waals surface area contributed by atoms with Gasteiger partial charge in [-0.2, -0.15) is 5.26 Å². The molecule has 2 fully saturated rings. The third kappa shape index (κ3) is 2.05. The van der Waals surface area contributed by atoms with Gasteiger partial charge >= 0.3 is 0 Å². The summed E-state index contributed by atoms with van der Waals surface area (Å²) in [6, 6.07) is 2.50. The summed E-state index contributed by atoms with van der Waals surface area (Å²) in [5, 5.41) is 11.9. The van der Waals surface area contributed by atoms with Crippen LogP contribution in [0.25, 0.3) is 0 Å². The molecule has 0 aromatic carbocycles. The molecule has 1 amide bonds. The minimum absolute atomic E-state index is 0.132. The maximum atomic E-state index is 12.2. The van der Waals surface area contributed by atoms with Crippen molar-refractivity contribution in [2.45, 2.75) is 57.2 Å². The Kier molecular flexibility index (Phi) is 3.45. The summed E-state index contributed by atoms with van der Waals surface area (Å²) < 4.78 is 0. The lowest BCUT2D eigenvalue weighted by Crippen LogP contribution is -2.61. The number of piperazine rings is 1. The summed E-state index contributed by atoms with van der Waals surface area (Å²) >= 11 is 0. The molecule has 2 unspecified atom stereocenters. The number of hydrogen-bond donors (Lipinski definition) is 1. The van der Waals surface area contributed by atoms with Gasteiger partial charge in [0.15, 0.2) is 0 Å². The highest BCUT2D eigenvalue weighted by atomic mass is 16.2.